The Bertz CT molecular complexity index is 700. The van der Waals surface area contributed by atoms with Crippen molar-refractivity contribution in [2.24, 2.45) is 7.05 Å². The van der Waals surface area contributed by atoms with E-state index in [0.29, 0.717) is 17.8 Å². The fourth-order valence-corrected chi connectivity index (χ4v) is 2.67. The molecule has 0 saturated heterocycles. The number of carbonyl (C=O) groups excluding carboxylic acids is 1. The third-order valence-corrected chi connectivity index (χ3v) is 3.80. The Kier molecular flexibility index (Phi) is 4.54. The smallest absolute Gasteiger partial charge is 0.328 e. The summed E-state index contributed by atoms with van der Waals surface area (Å²) in [6, 6.07) is 3.68. The summed E-state index contributed by atoms with van der Waals surface area (Å²) in [5.74, 6) is -1.15. The van der Waals surface area contributed by atoms with E-state index in [9.17, 15) is 9.59 Å². The van der Waals surface area contributed by atoms with Crippen LogP contribution in [0.15, 0.2) is 24.4 Å². The fraction of sp³-hybridized carbons (Fsp3) is 0.214. The quantitative estimate of drug-likeness (QED) is 0.825. The first-order valence-electron chi connectivity index (χ1n) is 6.24. The largest absolute Gasteiger partial charge is 0.478 e. The van der Waals surface area contributed by atoms with Crippen molar-refractivity contribution in [2.75, 3.05) is 0 Å². The van der Waals surface area contributed by atoms with Crippen molar-refractivity contribution < 1.29 is 14.7 Å². The normalized spacial score (nSPS) is 11.0. The number of carboxylic acids is 1. The molecule has 0 aliphatic rings. The van der Waals surface area contributed by atoms with Crippen LogP contribution in [0.1, 0.15) is 25.8 Å². The first-order chi connectivity index (χ1) is 9.95. The van der Waals surface area contributed by atoms with Gasteiger partial charge in [0, 0.05) is 29.1 Å². The number of nitrogens with one attached hydrogen (secondary N) is 1. The highest BCUT2D eigenvalue weighted by atomic mass is 32.1. The van der Waals surface area contributed by atoms with E-state index in [1.54, 1.807) is 24.9 Å². The van der Waals surface area contributed by atoms with E-state index in [0.717, 1.165) is 15.8 Å². The van der Waals surface area contributed by atoms with Gasteiger partial charge in [-0.2, -0.15) is 5.10 Å². The summed E-state index contributed by atoms with van der Waals surface area (Å²) in [7, 11) is 1.77. The van der Waals surface area contributed by atoms with Crippen LogP contribution < -0.4 is 5.32 Å². The molecule has 110 valence electrons. The van der Waals surface area contributed by atoms with E-state index in [-0.39, 0.29) is 5.91 Å². The van der Waals surface area contributed by atoms with Crippen LogP contribution in [-0.2, 0) is 18.4 Å². The van der Waals surface area contributed by atoms with Crippen molar-refractivity contribution in [1.82, 2.24) is 15.1 Å². The highest BCUT2D eigenvalue weighted by Gasteiger charge is 2.12. The molecule has 7 heteroatoms. The van der Waals surface area contributed by atoms with Crippen LogP contribution in [0.2, 0.25) is 0 Å². The molecule has 0 unspecified atom stereocenters. The summed E-state index contributed by atoms with van der Waals surface area (Å²) < 4.78 is 1.60. The standard InChI is InChI=1S/C14H15N3O3S/c1-9-12(8-17(2)16-9)14(20)15-7-11-4-3-10(21-11)5-6-13(18)19/h3-6,8H,7H2,1-2H3,(H,15,20)(H,18,19)/b6-5+. The predicted octanol–water partition coefficient (Wildman–Crippen LogP) is 1.82. The maximum Gasteiger partial charge on any atom is 0.328 e. The van der Waals surface area contributed by atoms with E-state index in [1.165, 1.54) is 17.4 Å². The Morgan fingerprint density at radius 3 is 2.86 bits per heavy atom. The molecule has 2 aromatic rings. The second kappa shape index (κ2) is 6.36. The van der Waals surface area contributed by atoms with Gasteiger partial charge in [0.15, 0.2) is 0 Å². The Labute approximate surface area is 125 Å². The number of carbonyl (C=O) groups is 2. The monoisotopic (exact) mass is 305 g/mol. The molecular weight excluding hydrogens is 290 g/mol. The average molecular weight is 305 g/mol. The third kappa shape index (κ3) is 4.03. The molecule has 1 amide bonds. The van der Waals surface area contributed by atoms with Gasteiger partial charge < -0.3 is 10.4 Å². The van der Waals surface area contributed by atoms with Crippen LogP contribution in [-0.4, -0.2) is 26.8 Å². The van der Waals surface area contributed by atoms with Crippen molar-refractivity contribution in [1.29, 1.82) is 0 Å². The Morgan fingerprint density at radius 2 is 2.24 bits per heavy atom. The van der Waals surface area contributed by atoms with Gasteiger partial charge in [0.1, 0.15) is 0 Å². The maximum atomic E-state index is 12.0. The van der Waals surface area contributed by atoms with Crippen LogP contribution in [0, 0.1) is 6.92 Å². The molecule has 0 aliphatic carbocycles. The fourth-order valence-electron chi connectivity index (χ4n) is 1.82. The second-order valence-corrected chi connectivity index (χ2v) is 5.66. The number of hydrogen-bond acceptors (Lipinski definition) is 4. The number of nitrogens with zero attached hydrogens (tertiary/aromatic N) is 2. The minimum atomic E-state index is -0.981. The van der Waals surface area contributed by atoms with Crippen molar-refractivity contribution in [2.45, 2.75) is 13.5 Å². The minimum absolute atomic E-state index is 0.170. The Balaban J connectivity index is 1.95. The highest BCUT2D eigenvalue weighted by Crippen LogP contribution is 2.18. The molecule has 0 aliphatic heterocycles. The zero-order valence-corrected chi connectivity index (χ0v) is 12.5. The molecule has 21 heavy (non-hydrogen) atoms. The lowest BCUT2D eigenvalue weighted by atomic mass is 10.2. The number of aliphatic carboxylic acids is 1. The van der Waals surface area contributed by atoms with Crippen molar-refractivity contribution in [3.63, 3.8) is 0 Å². The summed E-state index contributed by atoms with van der Waals surface area (Å²) in [6.45, 7) is 2.19. The van der Waals surface area contributed by atoms with Crippen molar-refractivity contribution >= 4 is 29.3 Å². The van der Waals surface area contributed by atoms with Gasteiger partial charge >= 0.3 is 5.97 Å². The molecule has 2 rings (SSSR count). The zero-order valence-electron chi connectivity index (χ0n) is 11.7. The lowest BCUT2D eigenvalue weighted by molar-refractivity contribution is -0.131. The van der Waals surface area contributed by atoms with E-state index in [2.05, 4.69) is 10.4 Å². The molecule has 2 N–H and O–H groups in total. The summed E-state index contributed by atoms with van der Waals surface area (Å²) in [5.41, 5.74) is 1.24. The molecule has 2 heterocycles. The number of carboxylic acid groups (broad SMARTS) is 1. The predicted molar refractivity (Wildman–Crippen MR) is 80.1 cm³/mol. The summed E-state index contributed by atoms with van der Waals surface area (Å²) in [6.07, 6.45) is 4.30. The number of aryl methyl sites for hydroxylation is 2. The molecule has 0 radical (unpaired) electrons. The summed E-state index contributed by atoms with van der Waals surface area (Å²) in [5, 5.41) is 15.5. The number of hydrogen-bond donors (Lipinski definition) is 2. The minimum Gasteiger partial charge on any atom is -0.478 e. The lowest BCUT2D eigenvalue weighted by Gasteiger charge is -2.01. The molecule has 0 atom stereocenters. The van der Waals surface area contributed by atoms with Crippen LogP contribution in [0.3, 0.4) is 0 Å². The molecule has 2 aromatic heterocycles. The average Bonchev–Trinajstić information content (AvgIpc) is 3.00. The van der Waals surface area contributed by atoms with Crippen molar-refractivity contribution in [3.8, 4) is 0 Å². The number of thiophene rings is 1. The van der Waals surface area contributed by atoms with Gasteiger partial charge in [-0.3, -0.25) is 9.48 Å². The van der Waals surface area contributed by atoms with Gasteiger partial charge in [0.25, 0.3) is 5.91 Å². The van der Waals surface area contributed by atoms with Crippen LogP contribution in [0.4, 0.5) is 0 Å². The number of aromatic nitrogens is 2. The summed E-state index contributed by atoms with van der Waals surface area (Å²) in [4.78, 5) is 24.2. The van der Waals surface area contributed by atoms with Crippen molar-refractivity contribution in [3.05, 3.63) is 45.4 Å². The number of rotatable bonds is 5. The molecule has 6 nitrogen and oxygen atoms in total. The van der Waals surface area contributed by atoms with Gasteiger partial charge in [-0.15, -0.1) is 11.3 Å². The van der Waals surface area contributed by atoms with Gasteiger partial charge in [-0.1, -0.05) is 0 Å². The lowest BCUT2D eigenvalue weighted by Crippen LogP contribution is -2.22. The third-order valence-electron chi connectivity index (χ3n) is 2.75. The van der Waals surface area contributed by atoms with Gasteiger partial charge in [-0.25, -0.2) is 4.79 Å². The van der Waals surface area contributed by atoms with E-state index >= 15 is 0 Å². The molecule has 0 aromatic carbocycles. The van der Waals surface area contributed by atoms with E-state index in [1.807, 2.05) is 12.1 Å². The van der Waals surface area contributed by atoms with Gasteiger partial charge in [-0.05, 0) is 25.1 Å². The van der Waals surface area contributed by atoms with E-state index < -0.39 is 5.97 Å². The molecule has 0 bridgehead atoms. The number of amides is 1. The van der Waals surface area contributed by atoms with Gasteiger partial charge in [0.05, 0.1) is 17.8 Å². The molecule has 0 fully saturated rings. The highest BCUT2D eigenvalue weighted by molar-refractivity contribution is 7.12. The topological polar surface area (TPSA) is 84.2 Å². The van der Waals surface area contributed by atoms with Gasteiger partial charge in [0.2, 0.25) is 0 Å². The first kappa shape index (κ1) is 15.0. The van der Waals surface area contributed by atoms with Crippen LogP contribution in [0.5, 0.6) is 0 Å². The maximum absolute atomic E-state index is 12.0. The SMILES string of the molecule is Cc1nn(C)cc1C(=O)NCc1ccc(/C=C/C(=O)O)s1. The second-order valence-electron chi connectivity index (χ2n) is 4.46. The molecule has 0 saturated carbocycles. The molecule has 0 spiro atoms. The Hall–Kier alpha value is -2.41. The van der Waals surface area contributed by atoms with Crippen LogP contribution >= 0.6 is 11.3 Å². The molecular formula is C14H15N3O3S. The first-order valence-corrected chi connectivity index (χ1v) is 7.05. The van der Waals surface area contributed by atoms with E-state index in [4.69, 9.17) is 5.11 Å². The Morgan fingerprint density at radius 1 is 1.48 bits per heavy atom. The van der Waals surface area contributed by atoms with Crippen LogP contribution in [0.25, 0.3) is 6.08 Å². The summed E-state index contributed by atoms with van der Waals surface area (Å²) >= 11 is 1.44. The zero-order chi connectivity index (χ0) is 15.4.